The number of nitrogens with zero attached hydrogens (tertiary/aromatic N) is 1. The highest BCUT2D eigenvalue weighted by Gasteiger charge is 2.36. The van der Waals surface area contributed by atoms with Crippen molar-refractivity contribution in [2.45, 2.75) is 13.3 Å². The third kappa shape index (κ3) is 1.42. The predicted octanol–water partition coefficient (Wildman–Crippen LogP) is 1.81. The molecule has 0 spiro atoms. The van der Waals surface area contributed by atoms with Crippen LogP contribution < -0.4 is 0 Å². The largest absolute Gasteiger partial charge is 0.303 e. The highest BCUT2D eigenvalue weighted by Crippen LogP contribution is 2.39. The average molecular weight is 213 g/mol. The summed E-state index contributed by atoms with van der Waals surface area (Å²) < 4.78 is 0. The van der Waals surface area contributed by atoms with Gasteiger partial charge >= 0.3 is 0 Å². The number of thiocarbonyl (C=S) groups is 1. The predicted molar refractivity (Wildman–Crippen MR) is 58.6 cm³/mol. The number of likely N-dealkylation sites (N-methyl/N-ethyl adjacent to an activating group) is 1. The van der Waals surface area contributed by atoms with E-state index in [1.54, 1.807) is 16.7 Å². The molecular formula is C9H11NOS2. The first-order chi connectivity index (χ1) is 6.24. The summed E-state index contributed by atoms with van der Waals surface area (Å²) in [5.41, 5.74) is 0. The quantitative estimate of drug-likeness (QED) is 0.620. The van der Waals surface area contributed by atoms with E-state index >= 15 is 0 Å². The zero-order valence-corrected chi connectivity index (χ0v) is 9.08. The molecule has 0 bridgehead atoms. The standard InChI is InChI=1S/C9H11NOS2/c1-2-10-8(12)5-7-6(9(10)11)3-4-13-7/h5-6H,2-4H2,1H3. The summed E-state index contributed by atoms with van der Waals surface area (Å²) in [5.74, 6) is 1.38. The molecule has 1 amide bonds. The number of carbonyl (C=O) groups excluding carboxylic acids is 1. The van der Waals surface area contributed by atoms with Crippen molar-refractivity contribution in [2.24, 2.45) is 5.92 Å². The maximum atomic E-state index is 11.8. The SMILES string of the molecule is CCN1C(=O)C2CCSC2=CC1=S. The van der Waals surface area contributed by atoms with Crippen LogP contribution in [0.3, 0.4) is 0 Å². The Hall–Kier alpha value is -0.350. The molecule has 0 radical (unpaired) electrons. The number of thioether (sulfide) groups is 1. The summed E-state index contributed by atoms with van der Waals surface area (Å²) in [7, 11) is 0. The van der Waals surface area contributed by atoms with Gasteiger partial charge in [-0.2, -0.15) is 0 Å². The fourth-order valence-corrected chi connectivity index (χ4v) is 3.36. The van der Waals surface area contributed by atoms with Crippen molar-refractivity contribution >= 4 is 34.9 Å². The van der Waals surface area contributed by atoms with Crippen molar-refractivity contribution in [1.29, 1.82) is 0 Å². The van der Waals surface area contributed by atoms with Crippen molar-refractivity contribution in [3.8, 4) is 0 Å². The number of rotatable bonds is 1. The van der Waals surface area contributed by atoms with Crippen LogP contribution in [0.25, 0.3) is 0 Å². The van der Waals surface area contributed by atoms with Crippen molar-refractivity contribution in [1.82, 2.24) is 4.90 Å². The van der Waals surface area contributed by atoms with Gasteiger partial charge < -0.3 is 4.90 Å². The van der Waals surface area contributed by atoms with Gasteiger partial charge in [-0.15, -0.1) is 11.8 Å². The third-order valence-corrected chi connectivity index (χ3v) is 3.94. The highest BCUT2D eigenvalue weighted by atomic mass is 32.2. The molecule has 0 N–H and O–H groups in total. The second-order valence-electron chi connectivity index (χ2n) is 3.16. The Morgan fingerprint density at radius 3 is 3.23 bits per heavy atom. The second-order valence-corrected chi connectivity index (χ2v) is 4.74. The molecule has 2 aliphatic heterocycles. The van der Waals surface area contributed by atoms with E-state index in [4.69, 9.17) is 12.2 Å². The van der Waals surface area contributed by atoms with Crippen LogP contribution in [0.2, 0.25) is 0 Å². The monoisotopic (exact) mass is 213 g/mol. The third-order valence-electron chi connectivity index (χ3n) is 2.43. The van der Waals surface area contributed by atoms with Crippen LogP contribution in [0.4, 0.5) is 0 Å². The molecule has 1 atom stereocenters. The molecule has 2 heterocycles. The van der Waals surface area contributed by atoms with E-state index in [-0.39, 0.29) is 11.8 Å². The van der Waals surface area contributed by atoms with Crippen LogP contribution in [0, 0.1) is 5.92 Å². The summed E-state index contributed by atoms with van der Waals surface area (Å²) in [4.78, 5) is 15.4. The van der Waals surface area contributed by atoms with Gasteiger partial charge in [0, 0.05) is 11.4 Å². The normalized spacial score (nSPS) is 27.6. The lowest BCUT2D eigenvalue weighted by Crippen LogP contribution is -2.41. The first-order valence-electron chi connectivity index (χ1n) is 4.43. The topological polar surface area (TPSA) is 20.3 Å². The van der Waals surface area contributed by atoms with Gasteiger partial charge in [0.1, 0.15) is 4.99 Å². The molecule has 1 fully saturated rings. The molecule has 0 aromatic heterocycles. The minimum absolute atomic E-state index is 0.122. The number of carbonyl (C=O) groups is 1. The van der Waals surface area contributed by atoms with Crippen molar-refractivity contribution in [3.05, 3.63) is 11.0 Å². The molecule has 1 saturated heterocycles. The average Bonchev–Trinajstić information content (AvgIpc) is 2.53. The lowest BCUT2D eigenvalue weighted by Gasteiger charge is -2.28. The van der Waals surface area contributed by atoms with E-state index in [1.807, 2.05) is 13.0 Å². The first kappa shape index (κ1) is 9.21. The Bertz CT molecular complexity index is 298. The van der Waals surface area contributed by atoms with Gasteiger partial charge in [-0.1, -0.05) is 12.2 Å². The zero-order chi connectivity index (χ0) is 9.42. The van der Waals surface area contributed by atoms with Crippen LogP contribution in [0.15, 0.2) is 11.0 Å². The van der Waals surface area contributed by atoms with Crippen LogP contribution >= 0.6 is 24.0 Å². The molecule has 0 aromatic rings. The summed E-state index contributed by atoms with van der Waals surface area (Å²) in [6.07, 6.45) is 2.97. The van der Waals surface area contributed by atoms with Gasteiger partial charge in [-0.25, -0.2) is 0 Å². The smallest absolute Gasteiger partial charge is 0.235 e. The van der Waals surface area contributed by atoms with Crippen LogP contribution in [-0.4, -0.2) is 28.1 Å². The minimum Gasteiger partial charge on any atom is -0.303 e. The summed E-state index contributed by atoms with van der Waals surface area (Å²) in [6, 6.07) is 0. The van der Waals surface area contributed by atoms with Crippen molar-refractivity contribution in [3.63, 3.8) is 0 Å². The second kappa shape index (κ2) is 3.42. The molecule has 1 unspecified atom stereocenters. The molecule has 0 aromatic carbocycles. The van der Waals surface area contributed by atoms with E-state index < -0.39 is 0 Å². The van der Waals surface area contributed by atoms with Crippen LogP contribution in [-0.2, 0) is 4.79 Å². The number of hydrogen-bond acceptors (Lipinski definition) is 3. The molecule has 0 aliphatic carbocycles. The molecule has 13 heavy (non-hydrogen) atoms. The Balaban J connectivity index is 2.33. The van der Waals surface area contributed by atoms with Crippen molar-refractivity contribution < 1.29 is 4.79 Å². The fourth-order valence-electron chi connectivity index (χ4n) is 1.73. The maximum Gasteiger partial charge on any atom is 0.235 e. The van der Waals surface area contributed by atoms with E-state index in [2.05, 4.69) is 0 Å². The minimum atomic E-state index is 0.122. The van der Waals surface area contributed by atoms with Gasteiger partial charge in [0.25, 0.3) is 0 Å². The molecule has 4 heteroatoms. The van der Waals surface area contributed by atoms with E-state index in [0.29, 0.717) is 11.5 Å². The molecule has 2 rings (SSSR count). The van der Waals surface area contributed by atoms with Gasteiger partial charge in [0.2, 0.25) is 5.91 Å². The Labute approximate surface area is 87.4 Å². The summed E-state index contributed by atoms with van der Waals surface area (Å²) in [6.45, 7) is 2.66. The van der Waals surface area contributed by atoms with Gasteiger partial charge in [0.05, 0.1) is 5.92 Å². The summed E-state index contributed by atoms with van der Waals surface area (Å²) >= 11 is 6.92. The van der Waals surface area contributed by atoms with Gasteiger partial charge in [-0.05, 0) is 25.2 Å². The Morgan fingerprint density at radius 2 is 2.54 bits per heavy atom. The highest BCUT2D eigenvalue weighted by molar-refractivity contribution is 8.03. The van der Waals surface area contributed by atoms with Gasteiger partial charge in [-0.3, -0.25) is 4.79 Å². The number of amides is 1. The van der Waals surface area contributed by atoms with E-state index in [1.165, 1.54) is 4.91 Å². The molecular weight excluding hydrogens is 202 g/mol. The van der Waals surface area contributed by atoms with E-state index in [0.717, 1.165) is 12.2 Å². The maximum absolute atomic E-state index is 11.8. The molecule has 0 saturated carbocycles. The Morgan fingerprint density at radius 1 is 1.77 bits per heavy atom. The van der Waals surface area contributed by atoms with Crippen LogP contribution in [0.5, 0.6) is 0 Å². The lowest BCUT2D eigenvalue weighted by molar-refractivity contribution is -0.130. The van der Waals surface area contributed by atoms with Crippen molar-refractivity contribution in [2.75, 3.05) is 12.3 Å². The van der Waals surface area contributed by atoms with Crippen LogP contribution in [0.1, 0.15) is 13.3 Å². The number of hydrogen-bond donors (Lipinski definition) is 0. The lowest BCUT2D eigenvalue weighted by atomic mass is 10.0. The number of fused-ring (bicyclic) bond motifs is 1. The Kier molecular flexibility index (Phi) is 2.43. The zero-order valence-electron chi connectivity index (χ0n) is 7.45. The first-order valence-corrected chi connectivity index (χ1v) is 5.83. The molecule has 2 nitrogen and oxygen atoms in total. The summed E-state index contributed by atoms with van der Waals surface area (Å²) in [5, 5.41) is 0. The molecule has 70 valence electrons. The van der Waals surface area contributed by atoms with E-state index in [9.17, 15) is 4.79 Å². The molecule has 2 aliphatic rings. The fraction of sp³-hybridized carbons (Fsp3) is 0.556. The van der Waals surface area contributed by atoms with Gasteiger partial charge in [0.15, 0.2) is 0 Å².